The van der Waals surface area contributed by atoms with Crippen molar-refractivity contribution in [2.24, 2.45) is 16.3 Å². The molecule has 8 heteroatoms. The highest BCUT2D eigenvalue weighted by atomic mass is 35.5. The van der Waals surface area contributed by atoms with Crippen LogP contribution in [0.4, 0.5) is 4.79 Å². The van der Waals surface area contributed by atoms with Crippen LogP contribution in [0.5, 0.6) is 0 Å². The minimum atomic E-state index is -0.586. The van der Waals surface area contributed by atoms with Gasteiger partial charge in [-0.1, -0.05) is 35.5 Å². The number of nitrogens with two attached hydrogens (primary N) is 1. The number of halogens is 1. The molecule has 1 aliphatic heterocycles. The van der Waals surface area contributed by atoms with Gasteiger partial charge in [0, 0.05) is 19.0 Å². The molecular formula is C17H24ClN3O4. The van der Waals surface area contributed by atoms with Crippen molar-refractivity contribution in [1.82, 2.24) is 4.90 Å². The fourth-order valence-electron chi connectivity index (χ4n) is 2.83. The fourth-order valence-corrected chi connectivity index (χ4v) is 2.94. The van der Waals surface area contributed by atoms with Crippen LogP contribution >= 0.6 is 11.6 Å². The van der Waals surface area contributed by atoms with Crippen LogP contribution < -0.4 is 5.73 Å². The van der Waals surface area contributed by atoms with Gasteiger partial charge in [0.2, 0.25) is 0 Å². The summed E-state index contributed by atoms with van der Waals surface area (Å²) in [5.74, 6) is 0.504. The molecule has 0 bridgehead atoms. The summed E-state index contributed by atoms with van der Waals surface area (Å²) in [6, 6.07) is 9.52. The van der Waals surface area contributed by atoms with Crippen LogP contribution in [0.2, 0.25) is 0 Å². The Balaban J connectivity index is 1.88. The van der Waals surface area contributed by atoms with Gasteiger partial charge in [-0.05, 0) is 18.4 Å². The molecular weight excluding hydrogens is 346 g/mol. The highest BCUT2D eigenvalue weighted by Crippen LogP contribution is 2.32. The second-order valence-corrected chi connectivity index (χ2v) is 6.41. The summed E-state index contributed by atoms with van der Waals surface area (Å²) in [6.07, 6.45) is 0.704. The average Bonchev–Trinajstić information content (AvgIpc) is 2.67. The zero-order valence-electron chi connectivity index (χ0n) is 14.1. The first-order chi connectivity index (χ1) is 12.1. The molecule has 1 fully saturated rings. The SMILES string of the molecule is NC(=NO)C1(COCCCl)CCN(C(=O)OCc2ccccc2)CC1. The van der Waals surface area contributed by atoms with E-state index in [1.807, 2.05) is 30.3 Å². The van der Waals surface area contributed by atoms with E-state index < -0.39 is 5.41 Å². The van der Waals surface area contributed by atoms with E-state index in [9.17, 15) is 4.79 Å². The van der Waals surface area contributed by atoms with Gasteiger partial charge in [0.1, 0.15) is 12.4 Å². The minimum Gasteiger partial charge on any atom is -0.445 e. The maximum absolute atomic E-state index is 12.2. The average molecular weight is 370 g/mol. The zero-order valence-corrected chi connectivity index (χ0v) is 14.8. The smallest absolute Gasteiger partial charge is 0.410 e. The zero-order chi connectivity index (χ0) is 18.1. The molecule has 1 aliphatic rings. The molecule has 0 saturated carbocycles. The van der Waals surface area contributed by atoms with Crippen molar-refractivity contribution in [1.29, 1.82) is 0 Å². The van der Waals surface area contributed by atoms with Crippen molar-refractivity contribution in [3.8, 4) is 0 Å². The molecule has 3 N–H and O–H groups in total. The predicted molar refractivity (Wildman–Crippen MR) is 94.8 cm³/mol. The Kier molecular flexibility index (Phi) is 7.33. The molecule has 25 heavy (non-hydrogen) atoms. The van der Waals surface area contributed by atoms with Gasteiger partial charge in [-0.2, -0.15) is 0 Å². The fraction of sp³-hybridized carbons (Fsp3) is 0.529. The number of oxime groups is 1. The van der Waals surface area contributed by atoms with Crippen molar-refractivity contribution in [2.45, 2.75) is 19.4 Å². The lowest BCUT2D eigenvalue weighted by Gasteiger charge is -2.40. The van der Waals surface area contributed by atoms with Gasteiger partial charge in [0.15, 0.2) is 0 Å². The highest BCUT2D eigenvalue weighted by molar-refractivity contribution is 6.17. The minimum absolute atomic E-state index is 0.124. The van der Waals surface area contributed by atoms with Gasteiger partial charge >= 0.3 is 6.09 Å². The maximum atomic E-state index is 12.2. The standard InChI is InChI=1S/C17H24ClN3O4/c18-8-11-24-13-17(15(19)20-23)6-9-21(10-7-17)16(22)25-12-14-4-2-1-3-5-14/h1-5,23H,6-13H2,(H2,19,20). The Bertz CT molecular complexity index is 575. The number of nitrogens with zero attached hydrogens (tertiary/aromatic N) is 2. The molecule has 0 atom stereocenters. The number of hydrogen-bond acceptors (Lipinski definition) is 5. The number of benzene rings is 1. The first kappa shape index (κ1) is 19.3. The summed E-state index contributed by atoms with van der Waals surface area (Å²) in [7, 11) is 0. The van der Waals surface area contributed by atoms with E-state index in [1.54, 1.807) is 4.90 Å². The van der Waals surface area contributed by atoms with Crippen LogP contribution in [-0.2, 0) is 16.1 Å². The number of hydrogen-bond donors (Lipinski definition) is 2. The number of amidine groups is 1. The van der Waals surface area contributed by atoms with Gasteiger partial charge in [0.25, 0.3) is 0 Å². The number of carbonyl (C=O) groups is 1. The lowest BCUT2D eigenvalue weighted by Crippen LogP contribution is -2.51. The van der Waals surface area contributed by atoms with Crippen LogP contribution in [-0.4, -0.2) is 54.2 Å². The highest BCUT2D eigenvalue weighted by Gasteiger charge is 2.40. The number of alkyl halides is 1. The Hall–Kier alpha value is -1.99. The Morgan fingerprint density at radius 1 is 1.32 bits per heavy atom. The summed E-state index contributed by atoms with van der Waals surface area (Å²) in [5, 5.41) is 12.2. The van der Waals surface area contributed by atoms with Crippen LogP contribution in [0.25, 0.3) is 0 Å². The summed E-state index contributed by atoms with van der Waals surface area (Å²) in [5.41, 5.74) is 6.23. The summed E-state index contributed by atoms with van der Waals surface area (Å²) >= 11 is 5.62. The summed E-state index contributed by atoms with van der Waals surface area (Å²) < 4.78 is 10.9. The molecule has 7 nitrogen and oxygen atoms in total. The third-order valence-electron chi connectivity index (χ3n) is 4.43. The quantitative estimate of drug-likeness (QED) is 0.192. The van der Waals surface area contributed by atoms with Gasteiger partial charge in [-0.25, -0.2) is 4.79 Å². The number of ether oxygens (including phenoxy) is 2. The number of carbonyl (C=O) groups excluding carboxylic acids is 1. The molecule has 1 amide bonds. The maximum Gasteiger partial charge on any atom is 0.410 e. The van der Waals surface area contributed by atoms with Gasteiger partial charge < -0.3 is 25.3 Å². The van der Waals surface area contributed by atoms with Crippen molar-refractivity contribution in [2.75, 3.05) is 32.2 Å². The molecule has 0 radical (unpaired) electrons. The van der Waals surface area contributed by atoms with Crippen molar-refractivity contribution in [3.05, 3.63) is 35.9 Å². The number of piperidine rings is 1. The Labute approximate surface area is 152 Å². The van der Waals surface area contributed by atoms with Crippen LogP contribution in [0.15, 0.2) is 35.5 Å². The van der Waals surface area contributed by atoms with Crippen LogP contribution in [0, 0.1) is 5.41 Å². The van der Waals surface area contributed by atoms with E-state index in [0.717, 1.165) is 5.56 Å². The van der Waals surface area contributed by atoms with E-state index in [2.05, 4.69) is 5.16 Å². The number of likely N-dealkylation sites (tertiary alicyclic amines) is 1. The molecule has 0 aliphatic carbocycles. The van der Waals surface area contributed by atoms with Crippen molar-refractivity contribution in [3.63, 3.8) is 0 Å². The van der Waals surface area contributed by atoms with E-state index in [0.29, 0.717) is 45.0 Å². The lowest BCUT2D eigenvalue weighted by atomic mass is 9.78. The second kappa shape index (κ2) is 9.48. The number of rotatable bonds is 7. The van der Waals surface area contributed by atoms with Crippen molar-refractivity contribution < 1.29 is 19.5 Å². The molecule has 1 heterocycles. The summed E-state index contributed by atoms with van der Waals surface area (Å²) in [4.78, 5) is 13.9. The first-order valence-electron chi connectivity index (χ1n) is 8.18. The Morgan fingerprint density at radius 2 is 2.00 bits per heavy atom. The van der Waals surface area contributed by atoms with Crippen LogP contribution in [0.1, 0.15) is 18.4 Å². The first-order valence-corrected chi connectivity index (χ1v) is 8.72. The van der Waals surface area contributed by atoms with Gasteiger partial charge in [0.05, 0.1) is 18.6 Å². The van der Waals surface area contributed by atoms with E-state index >= 15 is 0 Å². The normalized spacial score (nSPS) is 17.3. The van der Waals surface area contributed by atoms with Gasteiger partial charge in [-0.3, -0.25) is 0 Å². The number of amides is 1. The van der Waals surface area contributed by atoms with Crippen LogP contribution in [0.3, 0.4) is 0 Å². The molecule has 0 aromatic heterocycles. The van der Waals surface area contributed by atoms with E-state index in [1.165, 1.54) is 0 Å². The molecule has 2 rings (SSSR count). The Morgan fingerprint density at radius 3 is 2.60 bits per heavy atom. The molecule has 0 unspecified atom stereocenters. The predicted octanol–water partition coefficient (Wildman–Crippen LogP) is 2.41. The second-order valence-electron chi connectivity index (χ2n) is 6.03. The topological polar surface area (TPSA) is 97.4 Å². The molecule has 1 saturated heterocycles. The van der Waals surface area contributed by atoms with E-state index in [-0.39, 0.29) is 18.5 Å². The van der Waals surface area contributed by atoms with Gasteiger partial charge in [-0.15, -0.1) is 11.6 Å². The largest absolute Gasteiger partial charge is 0.445 e. The molecule has 0 spiro atoms. The summed E-state index contributed by atoms with van der Waals surface area (Å²) in [6.45, 7) is 1.84. The van der Waals surface area contributed by atoms with Crippen molar-refractivity contribution >= 4 is 23.5 Å². The molecule has 1 aromatic carbocycles. The third-order valence-corrected chi connectivity index (χ3v) is 4.59. The monoisotopic (exact) mass is 369 g/mol. The third kappa shape index (κ3) is 5.24. The van der Waals surface area contributed by atoms with E-state index in [4.69, 9.17) is 32.0 Å². The molecule has 1 aromatic rings. The molecule has 138 valence electrons. The lowest BCUT2D eigenvalue weighted by molar-refractivity contribution is 0.0341.